The van der Waals surface area contributed by atoms with Gasteiger partial charge in [-0.15, -0.1) is 0 Å². The van der Waals surface area contributed by atoms with Crippen molar-refractivity contribution in [1.29, 1.82) is 0 Å². The number of carboxylic acid groups (broad SMARTS) is 1. The summed E-state index contributed by atoms with van der Waals surface area (Å²) in [5, 5.41) is 30.7. The molecule has 2 aliphatic heterocycles. The predicted molar refractivity (Wildman–Crippen MR) is 236 cm³/mol. The molecule has 61 heavy (non-hydrogen) atoms. The number of aromatic carboxylic acids is 1. The summed E-state index contributed by atoms with van der Waals surface area (Å²) in [5.41, 5.74) is 5.02. The van der Waals surface area contributed by atoms with E-state index in [1.54, 1.807) is 48.5 Å². The number of phenolic OH excluding ortho intramolecular Hbond substituents is 1. The van der Waals surface area contributed by atoms with Crippen molar-refractivity contribution in [3.8, 4) is 50.7 Å². The Balaban J connectivity index is 1.05. The molecule has 4 aromatic rings. The normalized spacial score (nSPS) is 11.7. The molecule has 4 aromatic carbocycles. The number of amides is 2. The molecule has 0 spiro atoms. The van der Waals surface area contributed by atoms with Crippen LogP contribution < -0.4 is 26.7 Å². The molecule has 14 heteroatoms. The number of aromatic hydroxyl groups is 1. The van der Waals surface area contributed by atoms with Crippen LogP contribution in [-0.2, 0) is 11.3 Å². The van der Waals surface area contributed by atoms with Crippen LogP contribution in [0.15, 0.2) is 122 Å². The van der Waals surface area contributed by atoms with Crippen LogP contribution in [-0.4, -0.2) is 47.6 Å². The number of nitrogens with zero attached hydrogens (tertiary/aromatic N) is 1. The molecule has 306 valence electrons. The zero-order valence-corrected chi connectivity index (χ0v) is 34.2. The Kier molecular flexibility index (Phi) is 11.2. The number of anilines is 1. The quantitative estimate of drug-likeness (QED) is 0.0792. The molecule has 5 N–H and O–H groups in total. The lowest BCUT2D eigenvalue weighted by Crippen LogP contribution is -2.36. The van der Waals surface area contributed by atoms with E-state index in [-0.39, 0.29) is 44.5 Å². The Hall–Kier alpha value is -7.15. The van der Waals surface area contributed by atoms with Gasteiger partial charge in [0.2, 0.25) is 5.91 Å². The molecule has 0 bridgehead atoms. The summed E-state index contributed by atoms with van der Waals surface area (Å²) in [6.07, 6.45) is 0. The second kappa shape index (κ2) is 16.8. The Morgan fingerprint density at radius 1 is 0.738 bits per heavy atom. The van der Waals surface area contributed by atoms with Gasteiger partial charge < -0.3 is 35.0 Å². The van der Waals surface area contributed by atoms with Crippen LogP contribution in [0.3, 0.4) is 0 Å². The smallest absolute Gasteiger partial charge is 0.337 e. The fourth-order valence-corrected chi connectivity index (χ4v) is 8.07. The van der Waals surface area contributed by atoms with Gasteiger partial charge in [0.05, 0.1) is 33.1 Å². The van der Waals surface area contributed by atoms with E-state index in [0.717, 1.165) is 33.3 Å². The van der Waals surface area contributed by atoms with E-state index in [4.69, 9.17) is 32.0 Å². The van der Waals surface area contributed by atoms with Crippen LogP contribution >= 0.6 is 23.2 Å². The zero-order valence-electron chi connectivity index (χ0n) is 32.7. The summed E-state index contributed by atoms with van der Waals surface area (Å²) >= 11 is 13.7. The fourth-order valence-electron chi connectivity index (χ4n) is 7.46. The van der Waals surface area contributed by atoms with E-state index in [9.17, 15) is 29.4 Å². The topological polar surface area (TPSA) is 183 Å². The summed E-state index contributed by atoms with van der Waals surface area (Å²) in [5.74, 6) is -1.78. The Morgan fingerprint density at radius 2 is 1.43 bits per heavy atom. The molecule has 2 aliphatic carbocycles. The number of carbonyl (C=O) groups is 3. The Bertz CT molecular complexity index is 3120. The summed E-state index contributed by atoms with van der Waals surface area (Å²) in [4.78, 5) is 56.3. The maximum atomic E-state index is 13.8. The molecule has 0 radical (unpaired) electrons. The van der Waals surface area contributed by atoms with Gasteiger partial charge in [-0.2, -0.15) is 0 Å². The monoisotopic (exact) mass is 854 g/mol. The number of carbonyl (C=O) groups excluding carboxylic acids is 2. The van der Waals surface area contributed by atoms with Gasteiger partial charge in [-0.3, -0.25) is 19.4 Å². The lowest BCUT2D eigenvalue weighted by molar-refractivity contribution is -0.120. The molecular weight excluding hydrogens is 819 g/mol. The molecule has 2 heterocycles. The average Bonchev–Trinajstić information content (AvgIpc) is 3.24. The van der Waals surface area contributed by atoms with Gasteiger partial charge in [-0.25, -0.2) is 4.79 Å². The van der Waals surface area contributed by atoms with Crippen LogP contribution in [0.2, 0.25) is 10.0 Å². The minimum Gasteiger partial charge on any atom is -0.508 e. The third kappa shape index (κ3) is 7.98. The summed E-state index contributed by atoms with van der Waals surface area (Å²) in [6.45, 7) is 4.77. The lowest BCUT2D eigenvalue weighted by Gasteiger charge is -2.20. The van der Waals surface area contributed by atoms with E-state index in [0.29, 0.717) is 57.6 Å². The number of halogens is 2. The highest BCUT2D eigenvalue weighted by atomic mass is 35.5. The van der Waals surface area contributed by atoms with E-state index in [2.05, 4.69) is 20.9 Å². The van der Waals surface area contributed by atoms with Gasteiger partial charge >= 0.3 is 5.97 Å². The standard InChI is InChI=1S/C47H36Cl2N4O8/c1-3-50-26-9-13-32-36(17-26)60-37-18-27(51-4-2)10-14-33(37)42(32)44-43(47(58)59)35(48)21-34(45(44)49)46(57)53-23-40(56)52-22-24-5-7-25(8-6-24)41-30-15-11-28(54)19-38(30)61-39-20-29(55)12-16-31(39)41/h5-21,50,54H,3-4,22-23H2,1-2H3,(H,52,56)(H,53,57)(H,58,59)/b51-27+. The summed E-state index contributed by atoms with van der Waals surface area (Å²) in [6, 6.07) is 28.7. The first kappa shape index (κ1) is 40.6. The molecule has 0 saturated carbocycles. The van der Waals surface area contributed by atoms with Crippen LogP contribution in [0.1, 0.15) is 40.1 Å². The van der Waals surface area contributed by atoms with Gasteiger partial charge in [0.15, 0.2) is 5.43 Å². The van der Waals surface area contributed by atoms with E-state index < -0.39 is 24.3 Å². The van der Waals surface area contributed by atoms with Gasteiger partial charge in [0.1, 0.15) is 28.4 Å². The summed E-state index contributed by atoms with van der Waals surface area (Å²) < 4.78 is 12.3. The van der Waals surface area contributed by atoms with Crippen molar-refractivity contribution in [2.45, 2.75) is 20.4 Å². The summed E-state index contributed by atoms with van der Waals surface area (Å²) in [7, 11) is 0. The average molecular weight is 856 g/mol. The van der Waals surface area contributed by atoms with Crippen LogP contribution in [0.4, 0.5) is 5.69 Å². The zero-order chi connectivity index (χ0) is 42.9. The third-order valence-corrected chi connectivity index (χ3v) is 10.9. The molecule has 2 amide bonds. The Morgan fingerprint density at radius 3 is 2.16 bits per heavy atom. The first-order chi connectivity index (χ1) is 29.4. The Labute approximate surface area is 357 Å². The van der Waals surface area contributed by atoms with Crippen LogP contribution in [0, 0.1) is 0 Å². The lowest BCUT2D eigenvalue weighted by atomic mass is 9.89. The SMILES string of the molecule is CC/N=c1\ccc2c(-c3c(Cl)c(C(=O)NCC(=O)NCc4ccc(-c5c6ccc(=O)cc-6oc6cc(O)ccc56)cc4)cc(Cl)c3C(=O)O)c3ccc(NCC)cc3oc-2c1. The highest BCUT2D eigenvalue weighted by Gasteiger charge is 2.30. The second-order valence-corrected chi connectivity index (χ2v) is 14.9. The third-order valence-electron chi connectivity index (χ3n) is 10.2. The van der Waals surface area contributed by atoms with Gasteiger partial charge in [0.25, 0.3) is 5.91 Å². The van der Waals surface area contributed by atoms with Crippen molar-refractivity contribution < 1.29 is 33.4 Å². The number of nitrogens with one attached hydrogen (secondary N) is 3. The number of hydrogen-bond donors (Lipinski definition) is 5. The van der Waals surface area contributed by atoms with E-state index in [1.165, 1.54) is 24.3 Å². The highest BCUT2D eigenvalue weighted by molar-refractivity contribution is 6.41. The minimum absolute atomic E-state index is 0.0149. The maximum absolute atomic E-state index is 13.8. The molecule has 0 fully saturated rings. The van der Waals surface area contributed by atoms with Crippen molar-refractivity contribution in [2.24, 2.45) is 4.99 Å². The van der Waals surface area contributed by atoms with Gasteiger partial charge in [0, 0.05) is 88.2 Å². The number of rotatable bonds is 11. The minimum atomic E-state index is -1.36. The highest BCUT2D eigenvalue weighted by Crippen LogP contribution is 2.47. The van der Waals surface area contributed by atoms with Crippen LogP contribution in [0.5, 0.6) is 5.75 Å². The number of hydrogen-bond acceptors (Lipinski definition) is 9. The van der Waals surface area contributed by atoms with Gasteiger partial charge in [-0.1, -0.05) is 47.5 Å². The second-order valence-electron chi connectivity index (χ2n) is 14.1. The molecule has 0 saturated heterocycles. The maximum Gasteiger partial charge on any atom is 0.337 e. The van der Waals surface area contributed by atoms with Crippen molar-refractivity contribution in [2.75, 3.05) is 25.0 Å². The fraction of sp³-hybridized carbons (Fsp3) is 0.128. The largest absolute Gasteiger partial charge is 0.508 e. The van der Waals surface area contributed by atoms with E-state index in [1.807, 2.05) is 44.2 Å². The first-order valence-corrected chi connectivity index (χ1v) is 20.0. The van der Waals surface area contributed by atoms with Crippen molar-refractivity contribution in [1.82, 2.24) is 10.6 Å². The van der Waals surface area contributed by atoms with Crippen molar-refractivity contribution in [3.05, 3.63) is 145 Å². The van der Waals surface area contributed by atoms with Gasteiger partial charge in [-0.05, 0) is 79.6 Å². The number of phenols is 1. The molecule has 0 aromatic heterocycles. The van der Waals surface area contributed by atoms with Crippen LogP contribution in [0.25, 0.3) is 66.8 Å². The predicted octanol–water partition coefficient (Wildman–Crippen LogP) is 9.19. The molecule has 12 nitrogen and oxygen atoms in total. The molecule has 8 rings (SSSR count). The number of fused-ring (bicyclic) bond motifs is 4. The van der Waals surface area contributed by atoms with Crippen molar-refractivity contribution >= 4 is 68.6 Å². The number of carboxylic acids is 1. The first-order valence-electron chi connectivity index (χ1n) is 19.3. The molecule has 0 unspecified atom stereocenters. The molecular formula is C47H36Cl2N4O8. The number of benzene rings is 6. The molecule has 4 aliphatic rings. The van der Waals surface area contributed by atoms with E-state index >= 15 is 0 Å². The van der Waals surface area contributed by atoms with Crippen molar-refractivity contribution in [3.63, 3.8) is 0 Å². The molecule has 0 atom stereocenters.